The topological polar surface area (TPSA) is 3.24 Å². The molecule has 2 aromatic rings. The first-order chi connectivity index (χ1) is 9.34. The van der Waals surface area contributed by atoms with Gasteiger partial charge >= 0.3 is 0 Å². The first-order valence-electron chi connectivity index (χ1n) is 6.59. The van der Waals surface area contributed by atoms with Crippen molar-refractivity contribution in [3.63, 3.8) is 0 Å². The van der Waals surface area contributed by atoms with Crippen LogP contribution < -0.4 is 0 Å². The molecule has 1 nitrogen and oxygen atoms in total. The zero-order valence-electron chi connectivity index (χ0n) is 11.7. The van der Waals surface area contributed by atoms with Crippen LogP contribution in [-0.2, 0) is 13.0 Å². The van der Waals surface area contributed by atoms with Gasteiger partial charge in [-0.1, -0.05) is 36.4 Å². The molecular weight excluding hydrogens is 250 g/mol. The lowest BCUT2D eigenvalue weighted by molar-refractivity contribution is 0.322. The number of benzene rings is 1. The van der Waals surface area contributed by atoms with Crippen molar-refractivity contribution in [1.29, 1.82) is 0 Å². The molecule has 0 saturated carbocycles. The van der Waals surface area contributed by atoms with Crippen LogP contribution in [-0.4, -0.2) is 18.5 Å². The Morgan fingerprint density at radius 2 is 1.79 bits per heavy atom. The number of hydrogen-bond acceptors (Lipinski definition) is 2. The van der Waals surface area contributed by atoms with Gasteiger partial charge in [0.25, 0.3) is 0 Å². The van der Waals surface area contributed by atoms with Gasteiger partial charge in [-0.2, -0.15) is 0 Å². The van der Waals surface area contributed by atoms with Crippen molar-refractivity contribution in [3.8, 4) is 0 Å². The molecule has 0 bridgehead atoms. The van der Waals surface area contributed by atoms with E-state index < -0.39 is 0 Å². The fourth-order valence-electron chi connectivity index (χ4n) is 1.95. The van der Waals surface area contributed by atoms with Crippen molar-refractivity contribution >= 4 is 11.3 Å². The average molecular weight is 273 g/mol. The van der Waals surface area contributed by atoms with Crippen molar-refractivity contribution in [2.24, 2.45) is 0 Å². The van der Waals surface area contributed by atoms with Crippen LogP contribution >= 0.6 is 11.3 Å². The van der Waals surface area contributed by atoms with E-state index in [0.29, 0.717) is 0 Å². The van der Waals surface area contributed by atoms with Gasteiger partial charge in [-0.15, -0.1) is 24.5 Å². The molecule has 0 radical (unpaired) electrons. The Labute approximate surface area is 121 Å². The molecule has 0 aliphatic heterocycles. The summed E-state index contributed by atoms with van der Waals surface area (Å²) in [5, 5.41) is 2.16. The van der Waals surface area contributed by atoms with Gasteiger partial charge in [0.2, 0.25) is 0 Å². The summed E-state index contributed by atoms with van der Waals surface area (Å²) in [6.07, 6.45) is 2.45. The molecule has 2 heteroatoms. The van der Waals surface area contributed by atoms with Gasteiger partial charge in [-0.25, -0.2) is 0 Å². The lowest BCUT2D eigenvalue weighted by Gasteiger charge is -2.16. The maximum absolute atomic E-state index is 3.00. The van der Waals surface area contributed by atoms with Crippen LogP contribution in [0.1, 0.15) is 16.9 Å². The normalized spacial score (nSPS) is 10.0. The summed E-state index contributed by atoms with van der Waals surface area (Å²) in [5.74, 6) is 0. The fourth-order valence-corrected chi connectivity index (χ4v) is 2.70. The SMILES string of the molecule is C=C.CN(CCCc1cccs1)Cc1ccccc1. The lowest BCUT2D eigenvalue weighted by Crippen LogP contribution is -2.19. The summed E-state index contributed by atoms with van der Waals surface area (Å²) >= 11 is 1.86. The van der Waals surface area contributed by atoms with Crippen molar-refractivity contribution < 1.29 is 0 Å². The number of hydrogen-bond donors (Lipinski definition) is 0. The fraction of sp³-hybridized carbons (Fsp3) is 0.294. The maximum Gasteiger partial charge on any atom is 0.0230 e. The number of aryl methyl sites for hydroxylation is 1. The predicted molar refractivity (Wildman–Crippen MR) is 86.7 cm³/mol. The minimum atomic E-state index is 1.05. The smallest absolute Gasteiger partial charge is 0.0230 e. The van der Waals surface area contributed by atoms with E-state index in [1.54, 1.807) is 0 Å². The molecular formula is C17H23NS. The second-order valence-corrected chi connectivity index (χ2v) is 5.44. The molecule has 0 amide bonds. The van der Waals surface area contributed by atoms with E-state index in [9.17, 15) is 0 Å². The Bertz CT molecular complexity index is 422. The van der Waals surface area contributed by atoms with E-state index in [2.05, 4.69) is 73.0 Å². The Kier molecular flexibility index (Phi) is 7.87. The molecule has 1 aromatic carbocycles. The van der Waals surface area contributed by atoms with Crippen LogP contribution in [0.15, 0.2) is 61.0 Å². The molecule has 2 rings (SSSR count). The molecule has 0 saturated heterocycles. The second kappa shape index (κ2) is 9.54. The Balaban J connectivity index is 0.000000861. The summed E-state index contributed by atoms with van der Waals surface area (Å²) in [6.45, 7) is 8.21. The Morgan fingerprint density at radius 3 is 2.42 bits per heavy atom. The summed E-state index contributed by atoms with van der Waals surface area (Å²) in [5.41, 5.74) is 1.39. The molecule has 19 heavy (non-hydrogen) atoms. The van der Waals surface area contributed by atoms with Gasteiger partial charge in [-0.05, 0) is 43.4 Å². The molecule has 1 heterocycles. The Hall–Kier alpha value is -1.38. The van der Waals surface area contributed by atoms with Crippen LogP contribution in [0.4, 0.5) is 0 Å². The molecule has 0 unspecified atom stereocenters. The molecule has 0 fully saturated rings. The van der Waals surface area contributed by atoms with Crippen LogP contribution in [0.25, 0.3) is 0 Å². The Morgan fingerprint density at radius 1 is 1.05 bits per heavy atom. The van der Waals surface area contributed by atoms with Crippen molar-refractivity contribution in [2.45, 2.75) is 19.4 Å². The van der Waals surface area contributed by atoms with Crippen LogP contribution in [0.2, 0.25) is 0 Å². The highest BCUT2D eigenvalue weighted by Gasteiger charge is 2.00. The highest BCUT2D eigenvalue weighted by molar-refractivity contribution is 7.09. The standard InChI is InChI=1S/C15H19NS.C2H4/c1-16(13-14-7-3-2-4-8-14)11-5-9-15-10-6-12-17-15;1-2/h2-4,6-8,10,12H,5,9,11,13H2,1H3;1-2H2. The number of nitrogens with zero attached hydrogens (tertiary/aromatic N) is 1. The zero-order valence-corrected chi connectivity index (χ0v) is 12.5. The van der Waals surface area contributed by atoms with Gasteiger partial charge in [0, 0.05) is 11.4 Å². The minimum absolute atomic E-state index is 1.05. The quantitative estimate of drug-likeness (QED) is 0.694. The predicted octanol–water partition coefficient (Wildman–Crippen LogP) is 4.61. The first-order valence-corrected chi connectivity index (χ1v) is 7.47. The average Bonchev–Trinajstić information content (AvgIpc) is 2.95. The van der Waals surface area contributed by atoms with E-state index >= 15 is 0 Å². The van der Waals surface area contributed by atoms with E-state index in [1.807, 2.05) is 11.3 Å². The first kappa shape index (κ1) is 15.7. The van der Waals surface area contributed by atoms with E-state index in [0.717, 1.165) is 13.1 Å². The number of thiophene rings is 1. The van der Waals surface area contributed by atoms with Gasteiger partial charge in [0.15, 0.2) is 0 Å². The lowest BCUT2D eigenvalue weighted by atomic mass is 10.2. The van der Waals surface area contributed by atoms with Gasteiger partial charge in [-0.3, -0.25) is 0 Å². The highest BCUT2D eigenvalue weighted by Crippen LogP contribution is 2.11. The molecule has 0 aliphatic carbocycles. The second-order valence-electron chi connectivity index (χ2n) is 4.41. The molecule has 1 aromatic heterocycles. The number of rotatable bonds is 6. The van der Waals surface area contributed by atoms with Crippen molar-refractivity contribution in [3.05, 3.63) is 71.4 Å². The third-order valence-electron chi connectivity index (χ3n) is 2.84. The molecule has 0 atom stereocenters. The molecule has 0 N–H and O–H groups in total. The third kappa shape index (κ3) is 6.37. The highest BCUT2D eigenvalue weighted by atomic mass is 32.1. The largest absolute Gasteiger partial charge is 0.302 e. The van der Waals surface area contributed by atoms with E-state index in [4.69, 9.17) is 0 Å². The van der Waals surface area contributed by atoms with Gasteiger partial charge in [0.05, 0.1) is 0 Å². The van der Waals surface area contributed by atoms with Gasteiger partial charge in [0.1, 0.15) is 0 Å². The monoisotopic (exact) mass is 273 g/mol. The van der Waals surface area contributed by atoms with Crippen LogP contribution in [0.5, 0.6) is 0 Å². The van der Waals surface area contributed by atoms with Crippen LogP contribution in [0.3, 0.4) is 0 Å². The van der Waals surface area contributed by atoms with E-state index in [1.165, 1.54) is 23.3 Å². The molecule has 0 spiro atoms. The molecule has 0 aliphatic rings. The summed E-state index contributed by atoms with van der Waals surface area (Å²) < 4.78 is 0. The summed E-state index contributed by atoms with van der Waals surface area (Å²) in [7, 11) is 2.20. The maximum atomic E-state index is 3.00. The minimum Gasteiger partial charge on any atom is -0.302 e. The third-order valence-corrected chi connectivity index (χ3v) is 3.77. The summed E-state index contributed by atoms with van der Waals surface area (Å²) in [4.78, 5) is 3.89. The van der Waals surface area contributed by atoms with Crippen LogP contribution in [0, 0.1) is 0 Å². The summed E-state index contributed by atoms with van der Waals surface area (Å²) in [6, 6.07) is 15.0. The zero-order chi connectivity index (χ0) is 13.9. The molecule has 102 valence electrons. The van der Waals surface area contributed by atoms with Crippen molar-refractivity contribution in [2.75, 3.05) is 13.6 Å². The van der Waals surface area contributed by atoms with Crippen molar-refractivity contribution in [1.82, 2.24) is 4.90 Å². The van der Waals surface area contributed by atoms with E-state index in [-0.39, 0.29) is 0 Å². The van der Waals surface area contributed by atoms with Gasteiger partial charge < -0.3 is 4.90 Å².